The highest BCUT2D eigenvalue weighted by Crippen LogP contribution is 2.26. The molecule has 0 spiro atoms. The third-order valence-corrected chi connectivity index (χ3v) is 2.39. The van der Waals surface area contributed by atoms with Crippen LogP contribution in [0.25, 0.3) is 0 Å². The van der Waals surface area contributed by atoms with Crippen molar-refractivity contribution in [3.8, 4) is 0 Å². The first-order valence-electron chi connectivity index (χ1n) is 3.89. The van der Waals surface area contributed by atoms with E-state index >= 15 is 0 Å². The smallest absolute Gasteiger partial charge is 0.0378 e. The Morgan fingerprint density at radius 1 is 1.55 bits per heavy atom. The molecule has 0 aromatic carbocycles. The summed E-state index contributed by atoms with van der Waals surface area (Å²) in [7, 11) is 0. The molecule has 2 nitrogen and oxygen atoms in total. The van der Waals surface area contributed by atoms with Crippen LogP contribution in [0.5, 0.6) is 0 Å². The molecule has 62 valence electrons. The van der Waals surface area contributed by atoms with Crippen molar-refractivity contribution in [2.45, 2.75) is 26.3 Å². The lowest BCUT2D eigenvalue weighted by molar-refractivity contribution is 0.449. The maximum atomic E-state index is 6.00. The molecular weight excluding hydrogens is 136 g/mol. The molecule has 1 rings (SSSR count). The van der Waals surface area contributed by atoms with Crippen molar-refractivity contribution in [3.63, 3.8) is 0 Å². The molecule has 0 saturated carbocycles. The van der Waals surface area contributed by atoms with E-state index in [4.69, 9.17) is 11.5 Å². The number of hydrogen-bond acceptors (Lipinski definition) is 2. The first-order chi connectivity index (χ1) is 4.93. The fourth-order valence-corrected chi connectivity index (χ4v) is 1.26. The fourth-order valence-electron chi connectivity index (χ4n) is 1.26. The Hall–Kier alpha value is -0.760. The molecule has 0 radical (unpaired) electrons. The fraction of sp³-hybridized carbons (Fsp3) is 0.556. The third-order valence-electron chi connectivity index (χ3n) is 2.39. The van der Waals surface area contributed by atoms with Gasteiger partial charge >= 0.3 is 0 Å². The predicted octanol–water partition coefficient (Wildman–Crippen LogP) is 1.14. The Bertz CT molecular complexity index is 224. The number of allylic oxidation sites excluding steroid dienone is 1. The molecule has 0 aromatic rings. The van der Waals surface area contributed by atoms with Crippen LogP contribution in [0.2, 0.25) is 0 Å². The highest BCUT2D eigenvalue weighted by Gasteiger charge is 2.26. The van der Waals surface area contributed by atoms with E-state index in [1.807, 2.05) is 26.0 Å². The summed E-state index contributed by atoms with van der Waals surface area (Å²) in [6, 6.07) is 0. The standard InChI is InChI=1S/C9H16N2/c1-6-5-9(3,11)7(2)4-8(6)10/h4-5,7H,10-11H2,1-3H3. The van der Waals surface area contributed by atoms with Gasteiger partial charge in [0.25, 0.3) is 0 Å². The van der Waals surface area contributed by atoms with E-state index in [1.165, 1.54) is 0 Å². The van der Waals surface area contributed by atoms with E-state index in [0.717, 1.165) is 11.3 Å². The number of nitrogens with two attached hydrogens (primary N) is 2. The molecule has 0 bridgehead atoms. The van der Waals surface area contributed by atoms with Crippen LogP contribution < -0.4 is 11.5 Å². The summed E-state index contributed by atoms with van der Waals surface area (Å²) >= 11 is 0. The minimum Gasteiger partial charge on any atom is -0.399 e. The normalized spacial score (nSPS) is 38.0. The molecular formula is C9H16N2. The summed E-state index contributed by atoms with van der Waals surface area (Å²) in [6.45, 7) is 6.09. The van der Waals surface area contributed by atoms with Gasteiger partial charge in [-0.25, -0.2) is 0 Å². The second kappa shape index (κ2) is 2.38. The molecule has 1 aliphatic carbocycles. The average molecular weight is 152 g/mol. The molecule has 0 heterocycles. The third kappa shape index (κ3) is 1.46. The van der Waals surface area contributed by atoms with Crippen molar-refractivity contribution < 1.29 is 0 Å². The molecule has 0 saturated heterocycles. The molecule has 2 atom stereocenters. The van der Waals surface area contributed by atoms with Crippen LogP contribution in [0.4, 0.5) is 0 Å². The highest BCUT2D eigenvalue weighted by atomic mass is 14.7. The molecule has 4 N–H and O–H groups in total. The Balaban J connectivity index is 2.98. The topological polar surface area (TPSA) is 52.0 Å². The predicted molar refractivity (Wildman–Crippen MR) is 47.8 cm³/mol. The summed E-state index contributed by atoms with van der Waals surface area (Å²) in [6.07, 6.45) is 4.06. The van der Waals surface area contributed by atoms with Crippen molar-refractivity contribution in [3.05, 3.63) is 23.4 Å². The van der Waals surface area contributed by atoms with Crippen LogP contribution in [0.1, 0.15) is 20.8 Å². The summed E-state index contributed by atoms with van der Waals surface area (Å²) in [5, 5.41) is 0. The molecule has 2 heteroatoms. The van der Waals surface area contributed by atoms with Gasteiger partial charge < -0.3 is 11.5 Å². The monoisotopic (exact) mass is 152 g/mol. The van der Waals surface area contributed by atoms with Crippen molar-refractivity contribution in [2.24, 2.45) is 17.4 Å². The first kappa shape index (κ1) is 8.34. The van der Waals surface area contributed by atoms with Crippen LogP contribution in [0.15, 0.2) is 23.4 Å². The summed E-state index contributed by atoms with van der Waals surface area (Å²) in [4.78, 5) is 0. The van der Waals surface area contributed by atoms with Gasteiger partial charge in [0.15, 0.2) is 0 Å². The molecule has 0 aromatic heterocycles. The first-order valence-corrected chi connectivity index (χ1v) is 3.89. The van der Waals surface area contributed by atoms with E-state index in [-0.39, 0.29) is 5.54 Å². The zero-order chi connectivity index (χ0) is 8.65. The van der Waals surface area contributed by atoms with Crippen LogP contribution in [0.3, 0.4) is 0 Å². The van der Waals surface area contributed by atoms with E-state index < -0.39 is 0 Å². The quantitative estimate of drug-likeness (QED) is 0.547. The van der Waals surface area contributed by atoms with Gasteiger partial charge in [0.1, 0.15) is 0 Å². The lowest BCUT2D eigenvalue weighted by atomic mass is 9.81. The molecule has 1 aliphatic rings. The van der Waals surface area contributed by atoms with Gasteiger partial charge in [0.05, 0.1) is 0 Å². The van der Waals surface area contributed by atoms with Gasteiger partial charge in [-0.05, 0) is 25.3 Å². The minimum absolute atomic E-state index is 0.229. The van der Waals surface area contributed by atoms with Crippen LogP contribution in [-0.4, -0.2) is 5.54 Å². The van der Waals surface area contributed by atoms with Crippen LogP contribution >= 0.6 is 0 Å². The maximum absolute atomic E-state index is 6.00. The van der Waals surface area contributed by atoms with E-state index in [9.17, 15) is 0 Å². The Labute approximate surface area is 68.0 Å². The van der Waals surface area contributed by atoms with Crippen LogP contribution in [-0.2, 0) is 0 Å². The molecule has 0 aliphatic heterocycles. The number of hydrogen-bond donors (Lipinski definition) is 2. The Morgan fingerprint density at radius 2 is 2.09 bits per heavy atom. The van der Waals surface area contributed by atoms with Gasteiger partial charge in [-0.1, -0.05) is 19.1 Å². The van der Waals surface area contributed by atoms with Gasteiger partial charge in [-0.3, -0.25) is 0 Å². The van der Waals surface area contributed by atoms with E-state index in [2.05, 4.69) is 6.92 Å². The average Bonchev–Trinajstić information content (AvgIpc) is 1.83. The lowest BCUT2D eigenvalue weighted by Crippen LogP contribution is -2.42. The molecule has 2 unspecified atom stereocenters. The molecule has 11 heavy (non-hydrogen) atoms. The van der Waals surface area contributed by atoms with Gasteiger partial charge in [0.2, 0.25) is 0 Å². The van der Waals surface area contributed by atoms with Gasteiger partial charge in [-0.15, -0.1) is 0 Å². The maximum Gasteiger partial charge on any atom is 0.0378 e. The lowest BCUT2D eigenvalue weighted by Gasteiger charge is -2.31. The van der Waals surface area contributed by atoms with E-state index in [0.29, 0.717) is 5.92 Å². The number of rotatable bonds is 0. The van der Waals surface area contributed by atoms with Crippen molar-refractivity contribution >= 4 is 0 Å². The van der Waals surface area contributed by atoms with Gasteiger partial charge in [0, 0.05) is 11.2 Å². The zero-order valence-electron chi connectivity index (χ0n) is 7.39. The van der Waals surface area contributed by atoms with E-state index in [1.54, 1.807) is 0 Å². The summed E-state index contributed by atoms with van der Waals surface area (Å²) in [5.74, 6) is 0.325. The van der Waals surface area contributed by atoms with Crippen LogP contribution in [0, 0.1) is 5.92 Å². The van der Waals surface area contributed by atoms with Gasteiger partial charge in [-0.2, -0.15) is 0 Å². The summed E-state index contributed by atoms with van der Waals surface area (Å²) in [5.41, 5.74) is 13.4. The summed E-state index contributed by atoms with van der Waals surface area (Å²) < 4.78 is 0. The minimum atomic E-state index is -0.229. The van der Waals surface area contributed by atoms with Crippen molar-refractivity contribution in [1.82, 2.24) is 0 Å². The zero-order valence-corrected chi connectivity index (χ0v) is 7.39. The van der Waals surface area contributed by atoms with Crippen molar-refractivity contribution in [1.29, 1.82) is 0 Å². The molecule has 0 fully saturated rings. The largest absolute Gasteiger partial charge is 0.399 e. The van der Waals surface area contributed by atoms with Crippen molar-refractivity contribution in [2.75, 3.05) is 0 Å². The molecule has 0 amide bonds. The Morgan fingerprint density at radius 3 is 2.55 bits per heavy atom. The second-order valence-electron chi connectivity index (χ2n) is 3.60. The SMILES string of the molecule is CC1=CC(C)(N)C(C)C=C1N. The second-order valence-corrected chi connectivity index (χ2v) is 3.60. The Kier molecular flexibility index (Phi) is 1.80. The highest BCUT2D eigenvalue weighted by molar-refractivity contribution is 5.35.